The zero-order valence-corrected chi connectivity index (χ0v) is 13.9. The number of para-hydroxylation sites is 1. The fourth-order valence-electron chi connectivity index (χ4n) is 2.54. The topological polar surface area (TPSA) is 106 Å². The van der Waals surface area contributed by atoms with E-state index in [1.54, 1.807) is 43.6 Å². The van der Waals surface area contributed by atoms with Crippen LogP contribution >= 0.6 is 0 Å². The second-order valence-electron chi connectivity index (χ2n) is 5.60. The Morgan fingerprint density at radius 2 is 2.15 bits per heavy atom. The zero-order valence-electron chi connectivity index (χ0n) is 13.9. The number of nitrogens with one attached hydrogen (secondary N) is 2. The molecule has 8 heteroatoms. The fourth-order valence-corrected chi connectivity index (χ4v) is 2.54. The Bertz CT molecular complexity index is 1070. The summed E-state index contributed by atoms with van der Waals surface area (Å²) in [6.45, 7) is 1.87. The minimum Gasteiger partial charge on any atom is -0.485 e. The number of carbonyl (C=O) groups excluding carboxylic acids is 1. The highest BCUT2D eigenvalue weighted by molar-refractivity contribution is 6.08. The third-order valence-electron chi connectivity index (χ3n) is 3.73. The van der Waals surface area contributed by atoms with E-state index in [9.17, 15) is 4.79 Å². The molecule has 4 rings (SSSR count). The average molecular weight is 349 g/mol. The number of ether oxygens (including phenoxy) is 1. The number of nitrogens with zero attached hydrogens (tertiary/aromatic N) is 3. The van der Waals surface area contributed by atoms with Gasteiger partial charge in [-0.3, -0.25) is 4.79 Å². The number of fused-ring (bicyclic) bond motifs is 1. The first-order valence-electron chi connectivity index (χ1n) is 7.94. The zero-order chi connectivity index (χ0) is 17.9. The lowest BCUT2D eigenvalue weighted by atomic mass is 10.2. The highest BCUT2D eigenvalue weighted by Gasteiger charge is 2.11. The lowest BCUT2D eigenvalue weighted by molar-refractivity contribution is 0.102. The Balaban J connectivity index is 1.48. The normalized spacial score (nSPS) is 10.8. The van der Waals surface area contributed by atoms with Gasteiger partial charge in [0.05, 0.1) is 17.5 Å². The van der Waals surface area contributed by atoms with Gasteiger partial charge in [0.15, 0.2) is 6.61 Å². The Morgan fingerprint density at radius 1 is 1.27 bits per heavy atom. The molecule has 2 heterocycles. The fraction of sp³-hybridized carbons (Fsp3) is 0.111. The molecular formula is C18H15N5O3. The molecule has 0 aliphatic rings. The van der Waals surface area contributed by atoms with E-state index in [2.05, 4.69) is 25.4 Å². The number of carbonyl (C=O) groups is 1. The maximum Gasteiger partial charge on any atom is 0.255 e. The van der Waals surface area contributed by atoms with E-state index >= 15 is 0 Å². The van der Waals surface area contributed by atoms with Gasteiger partial charge >= 0.3 is 0 Å². The number of aromatic amines is 1. The first-order valence-corrected chi connectivity index (χ1v) is 7.94. The van der Waals surface area contributed by atoms with Crippen LogP contribution in [0.4, 0.5) is 5.69 Å². The van der Waals surface area contributed by atoms with Gasteiger partial charge in [-0.15, -0.1) is 0 Å². The summed E-state index contributed by atoms with van der Waals surface area (Å²) in [5.41, 5.74) is 2.68. The van der Waals surface area contributed by atoms with E-state index in [0.717, 1.165) is 5.52 Å². The molecule has 0 aliphatic heterocycles. The molecule has 0 aliphatic carbocycles. The largest absolute Gasteiger partial charge is 0.485 e. The molecule has 0 fully saturated rings. The number of rotatable bonds is 5. The molecular weight excluding hydrogens is 334 g/mol. The van der Waals surface area contributed by atoms with Crippen molar-refractivity contribution >= 4 is 22.6 Å². The van der Waals surface area contributed by atoms with Crippen molar-refractivity contribution in [3.05, 3.63) is 66.1 Å². The maximum atomic E-state index is 12.6. The Morgan fingerprint density at radius 3 is 3.00 bits per heavy atom. The van der Waals surface area contributed by atoms with Crippen LogP contribution in [-0.2, 0) is 6.61 Å². The second-order valence-corrected chi connectivity index (χ2v) is 5.60. The number of aromatic nitrogens is 4. The SMILES string of the molecule is Cc1nc(COc2cccc(C(=O)Nc3cccc4[nH]cnc34)c2)no1. The first kappa shape index (κ1) is 15.8. The molecule has 1 amide bonds. The summed E-state index contributed by atoms with van der Waals surface area (Å²) in [4.78, 5) is 23.9. The van der Waals surface area contributed by atoms with Crippen molar-refractivity contribution in [2.24, 2.45) is 0 Å². The number of aryl methyl sites for hydroxylation is 1. The van der Waals surface area contributed by atoms with E-state index in [1.165, 1.54) is 0 Å². The molecule has 2 aromatic carbocycles. The molecule has 0 saturated carbocycles. The van der Waals surface area contributed by atoms with Crippen molar-refractivity contribution in [2.75, 3.05) is 5.32 Å². The van der Waals surface area contributed by atoms with Crippen molar-refractivity contribution in [1.29, 1.82) is 0 Å². The lowest BCUT2D eigenvalue weighted by Gasteiger charge is -2.08. The summed E-state index contributed by atoms with van der Waals surface area (Å²) in [6, 6.07) is 12.4. The summed E-state index contributed by atoms with van der Waals surface area (Å²) in [5.74, 6) is 1.21. The van der Waals surface area contributed by atoms with Gasteiger partial charge in [-0.1, -0.05) is 17.3 Å². The van der Waals surface area contributed by atoms with Crippen LogP contribution in [0.15, 0.2) is 53.3 Å². The van der Waals surface area contributed by atoms with Crippen LogP contribution in [0, 0.1) is 6.92 Å². The van der Waals surface area contributed by atoms with E-state index < -0.39 is 0 Å². The molecule has 26 heavy (non-hydrogen) atoms. The van der Waals surface area contributed by atoms with E-state index in [-0.39, 0.29) is 12.5 Å². The smallest absolute Gasteiger partial charge is 0.255 e. The Kier molecular flexibility index (Phi) is 4.06. The lowest BCUT2D eigenvalue weighted by Crippen LogP contribution is -2.12. The number of hydrogen-bond donors (Lipinski definition) is 2. The van der Waals surface area contributed by atoms with Crippen LogP contribution in [0.1, 0.15) is 22.1 Å². The van der Waals surface area contributed by atoms with Gasteiger partial charge in [0, 0.05) is 12.5 Å². The van der Waals surface area contributed by atoms with E-state index in [0.29, 0.717) is 34.2 Å². The van der Waals surface area contributed by atoms with Crippen molar-refractivity contribution in [2.45, 2.75) is 13.5 Å². The van der Waals surface area contributed by atoms with Gasteiger partial charge in [-0.2, -0.15) is 4.98 Å². The molecule has 130 valence electrons. The highest BCUT2D eigenvalue weighted by atomic mass is 16.5. The van der Waals surface area contributed by atoms with Crippen LogP contribution < -0.4 is 10.1 Å². The minimum atomic E-state index is -0.249. The van der Waals surface area contributed by atoms with Crippen LogP contribution in [0.5, 0.6) is 5.75 Å². The number of hydrogen-bond acceptors (Lipinski definition) is 6. The number of anilines is 1. The van der Waals surface area contributed by atoms with Crippen molar-refractivity contribution in [3.8, 4) is 5.75 Å². The monoisotopic (exact) mass is 349 g/mol. The number of imidazole rings is 1. The average Bonchev–Trinajstić information content (AvgIpc) is 3.29. The number of benzene rings is 2. The molecule has 0 unspecified atom stereocenters. The minimum absolute atomic E-state index is 0.162. The quantitative estimate of drug-likeness (QED) is 0.573. The molecule has 0 bridgehead atoms. The third kappa shape index (κ3) is 3.25. The summed E-state index contributed by atoms with van der Waals surface area (Å²) >= 11 is 0. The van der Waals surface area contributed by atoms with Crippen LogP contribution in [0.3, 0.4) is 0 Å². The van der Waals surface area contributed by atoms with Crippen molar-refractivity contribution < 1.29 is 14.1 Å². The third-order valence-corrected chi connectivity index (χ3v) is 3.73. The summed E-state index contributed by atoms with van der Waals surface area (Å²) in [5, 5.41) is 6.64. The van der Waals surface area contributed by atoms with Gasteiger partial charge in [-0.05, 0) is 30.3 Å². The van der Waals surface area contributed by atoms with E-state index in [4.69, 9.17) is 9.26 Å². The van der Waals surface area contributed by atoms with Crippen molar-refractivity contribution in [3.63, 3.8) is 0 Å². The first-order chi connectivity index (χ1) is 12.7. The molecule has 0 spiro atoms. The molecule has 0 radical (unpaired) electrons. The number of amides is 1. The molecule has 2 aromatic heterocycles. The Hall–Kier alpha value is -3.68. The summed E-state index contributed by atoms with van der Waals surface area (Å²) in [6.07, 6.45) is 1.59. The van der Waals surface area contributed by atoms with Gasteiger partial charge in [0.1, 0.15) is 11.3 Å². The Labute approximate surface area is 148 Å². The summed E-state index contributed by atoms with van der Waals surface area (Å²) < 4.78 is 10.5. The van der Waals surface area contributed by atoms with Crippen LogP contribution in [-0.4, -0.2) is 26.0 Å². The summed E-state index contributed by atoms with van der Waals surface area (Å²) in [7, 11) is 0. The second kappa shape index (κ2) is 6.67. The predicted molar refractivity (Wildman–Crippen MR) is 93.9 cm³/mol. The van der Waals surface area contributed by atoms with Crippen molar-refractivity contribution in [1.82, 2.24) is 20.1 Å². The van der Waals surface area contributed by atoms with Crippen LogP contribution in [0.25, 0.3) is 11.0 Å². The predicted octanol–water partition coefficient (Wildman–Crippen LogP) is 3.09. The van der Waals surface area contributed by atoms with E-state index in [1.807, 2.05) is 12.1 Å². The van der Waals surface area contributed by atoms with Gasteiger partial charge in [0.2, 0.25) is 11.7 Å². The molecule has 4 aromatic rings. The number of H-pyrrole nitrogens is 1. The highest BCUT2D eigenvalue weighted by Crippen LogP contribution is 2.21. The van der Waals surface area contributed by atoms with Crippen LogP contribution in [0.2, 0.25) is 0 Å². The van der Waals surface area contributed by atoms with Gasteiger partial charge in [-0.25, -0.2) is 4.98 Å². The molecule has 0 saturated heterocycles. The molecule has 8 nitrogen and oxygen atoms in total. The maximum absolute atomic E-state index is 12.6. The van der Waals surface area contributed by atoms with Gasteiger partial charge < -0.3 is 19.6 Å². The molecule has 2 N–H and O–H groups in total. The molecule has 0 atom stereocenters. The van der Waals surface area contributed by atoms with Gasteiger partial charge in [0.25, 0.3) is 5.91 Å². The standard InChI is InChI=1S/C18H15N5O3/c1-11-21-16(23-26-11)9-25-13-5-2-4-12(8-13)18(24)22-15-7-3-6-14-17(15)20-10-19-14/h2-8,10H,9H2,1H3,(H,19,20)(H,22,24).